The molecule has 102 valence electrons. The standard InChI is InChI=1S/C12H9F3INO2/c1-19-11(18)9-3-7(16)2-8-6(4-12(13,14)15)5-17-10(8)9/h2-3,5,17H,4H2,1H3. The average Bonchev–Trinajstić information content (AvgIpc) is 2.68. The molecule has 0 fully saturated rings. The molecule has 0 aliphatic heterocycles. The number of halogens is 4. The van der Waals surface area contributed by atoms with Crippen LogP contribution in [0.1, 0.15) is 15.9 Å². The third-order valence-electron chi connectivity index (χ3n) is 2.64. The summed E-state index contributed by atoms with van der Waals surface area (Å²) in [5, 5.41) is 0.393. The molecule has 0 unspecified atom stereocenters. The first kappa shape index (κ1) is 14.2. The number of hydrogen-bond acceptors (Lipinski definition) is 2. The highest BCUT2D eigenvalue weighted by Crippen LogP contribution is 2.30. The zero-order chi connectivity index (χ0) is 14.2. The first-order valence-corrected chi connectivity index (χ1v) is 6.34. The molecule has 1 heterocycles. The molecule has 1 aromatic carbocycles. The number of aromatic nitrogens is 1. The van der Waals surface area contributed by atoms with E-state index in [0.29, 0.717) is 14.5 Å². The monoisotopic (exact) mass is 383 g/mol. The normalized spacial score (nSPS) is 11.8. The van der Waals surface area contributed by atoms with Crippen LogP contribution in [-0.4, -0.2) is 24.2 Å². The number of benzene rings is 1. The first-order valence-electron chi connectivity index (χ1n) is 5.26. The molecule has 1 aromatic heterocycles. The highest BCUT2D eigenvalue weighted by molar-refractivity contribution is 14.1. The van der Waals surface area contributed by atoms with Gasteiger partial charge in [0.1, 0.15) is 0 Å². The van der Waals surface area contributed by atoms with E-state index in [1.54, 1.807) is 12.1 Å². The fraction of sp³-hybridized carbons (Fsp3) is 0.250. The first-order chi connectivity index (χ1) is 8.81. The number of esters is 1. The van der Waals surface area contributed by atoms with E-state index in [4.69, 9.17) is 0 Å². The third-order valence-corrected chi connectivity index (χ3v) is 3.26. The molecular formula is C12H9F3INO2. The molecule has 0 aliphatic carbocycles. The Labute approximate surface area is 120 Å². The Morgan fingerprint density at radius 2 is 2.11 bits per heavy atom. The molecule has 0 spiro atoms. The molecule has 0 aliphatic rings. The van der Waals surface area contributed by atoms with Crippen molar-refractivity contribution in [1.29, 1.82) is 0 Å². The summed E-state index contributed by atoms with van der Waals surface area (Å²) in [6, 6.07) is 3.18. The summed E-state index contributed by atoms with van der Waals surface area (Å²) in [5.74, 6) is -0.580. The summed E-state index contributed by atoms with van der Waals surface area (Å²) in [6.45, 7) is 0. The number of alkyl halides is 3. The van der Waals surface area contributed by atoms with Crippen LogP contribution in [0.15, 0.2) is 18.3 Å². The number of hydrogen-bond donors (Lipinski definition) is 1. The van der Waals surface area contributed by atoms with Gasteiger partial charge in [-0.05, 0) is 40.3 Å². The van der Waals surface area contributed by atoms with Crippen LogP contribution in [0.4, 0.5) is 13.2 Å². The quantitative estimate of drug-likeness (QED) is 0.636. The van der Waals surface area contributed by atoms with Crippen molar-refractivity contribution in [1.82, 2.24) is 4.98 Å². The van der Waals surface area contributed by atoms with Crippen LogP contribution < -0.4 is 0 Å². The zero-order valence-electron chi connectivity index (χ0n) is 9.77. The minimum atomic E-state index is -4.29. The summed E-state index contributed by atoms with van der Waals surface area (Å²) in [5.41, 5.74) is 0.718. The molecule has 2 aromatic rings. The van der Waals surface area contributed by atoms with Crippen LogP contribution in [0.2, 0.25) is 0 Å². The van der Waals surface area contributed by atoms with Crippen molar-refractivity contribution in [2.24, 2.45) is 0 Å². The number of nitrogens with one attached hydrogen (secondary N) is 1. The van der Waals surface area contributed by atoms with E-state index in [1.807, 2.05) is 22.6 Å². The number of carbonyl (C=O) groups excluding carboxylic acids is 1. The van der Waals surface area contributed by atoms with Gasteiger partial charge in [0.05, 0.1) is 24.6 Å². The lowest BCUT2D eigenvalue weighted by atomic mass is 10.1. The van der Waals surface area contributed by atoms with Gasteiger partial charge in [0.25, 0.3) is 0 Å². The number of rotatable bonds is 2. The second-order valence-corrected chi connectivity index (χ2v) is 5.22. The van der Waals surface area contributed by atoms with Gasteiger partial charge in [0, 0.05) is 15.2 Å². The van der Waals surface area contributed by atoms with E-state index in [2.05, 4.69) is 9.72 Å². The van der Waals surface area contributed by atoms with Crippen molar-refractivity contribution in [2.75, 3.05) is 7.11 Å². The SMILES string of the molecule is COC(=O)c1cc(I)cc2c(CC(F)(F)F)c[nH]c12. The van der Waals surface area contributed by atoms with Crippen molar-refractivity contribution in [3.05, 3.63) is 33.0 Å². The second kappa shape index (κ2) is 5.03. The van der Waals surface area contributed by atoms with Crippen LogP contribution in [0.5, 0.6) is 0 Å². The Morgan fingerprint density at radius 1 is 1.42 bits per heavy atom. The maximum Gasteiger partial charge on any atom is 0.393 e. The number of H-pyrrole nitrogens is 1. The van der Waals surface area contributed by atoms with E-state index in [9.17, 15) is 18.0 Å². The Balaban J connectivity index is 2.60. The predicted octanol–water partition coefficient (Wildman–Crippen LogP) is 3.66. The van der Waals surface area contributed by atoms with E-state index in [0.717, 1.165) is 0 Å². The van der Waals surface area contributed by atoms with Crippen molar-refractivity contribution in [2.45, 2.75) is 12.6 Å². The Morgan fingerprint density at radius 3 is 2.68 bits per heavy atom. The summed E-state index contributed by atoms with van der Waals surface area (Å²) in [7, 11) is 1.23. The van der Waals surface area contributed by atoms with E-state index in [-0.39, 0.29) is 11.1 Å². The lowest BCUT2D eigenvalue weighted by Gasteiger charge is -2.06. The van der Waals surface area contributed by atoms with Crippen molar-refractivity contribution in [3.63, 3.8) is 0 Å². The highest BCUT2D eigenvalue weighted by atomic mass is 127. The smallest absolute Gasteiger partial charge is 0.393 e. The van der Waals surface area contributed by atoms with Crippen LogP contribution in [0, 0.1) is 3.57 Å². The highest BCUT2D eigenvalue weighted by Gasteiger charge is 2.29. The zero-order valence-corrected chi connectivity index (χ0v) is 11.9. The van der Waals surface area contributed by atoms with Gasteiger partial charge in [0.15, 0.2) is 0 Å². The molecule has 19 heavy (non-hydrogen) atoms. The summed E-state index contributed by atoms with van der Waals surface area (Å²) in [6.07, 6.45) is -4.05. The molecule has 2 rings (SSSR count). The largest absolute Gasteiger partial charge is 0.465 e. The van der Waals surface area contributed by atoms with Gasteiger partial charge in [-0.3, -0.25) is 0 Å². The summed E-state index contributed by atoms with van der Waals surface area (Å²) in [4.78, 5) is 14.3. The topological polar surface area (TPSA) is 42.1 Å². The maximum absolute atomic E-state index is 12.5. The van der Waals surface area contributed by atoms with Gasteiger partial charge in [-0.25, -0.2) is 4.79 Å². The van der Waals surface area contributed by atoms with Gasteiger partial charge in [-0.2, -0.15) is 13.2 Å². The predicted molar refractivity (Wildman–Crippen MR) is 72.1 cm³/mol. The fourth-order valence-corrected chi connectivity index (χ4v) is 2.51. The van der Waals surface area contributed by atoms with Crippen molar-refractivity contribution in [3.8, 4) is 0 Å². The Hall–Kier alpha value is -1.25. The molecule has 0 amide bonds. The van der Waals surface area contributed by atoms with Gasteiger partial charge in [-0.1, -0.05) is 0 Å². The minimum Gasteiger partial charge on any atom is -0.465 e. The molecular weight excluding hydrogens is 374 g/mol. The van der Waals surface area contributed by atoms with E-state index < -0.39 is 18.6 Å². The lowest BCUT2D eigenvalue weighted by molar-refractivity contribution is -0.127. The van der Waals surface area contributed by atoms with Crippen molar-refractivity contribution >= 4 is 39.5 Å². The maximum atomic E-state index is 12.5. The summed E-state index contributed by atoms with van der Waals surface area (Å²) < 4.78 is 42.7. The Kier molecular flexibility index (Phi) is 3.75. The molecule has 0 radical (unpaired) electrons. The van der Waals surface area contributed by atoms with Crippen molar-refractivity contribution < 1.29 is 22.7 Å². The number of methoxy groups -OCH3 is 1. The molecule has 0 saturated carbocycles. The van der Waals surface area contributed by atoms with Crippen LogP contribution >= 0.6 is 22.6 Å². The number of carbonyl (C=O) groups is 1. The average molecular weight is 383 g/mol. The minimum absolute atomic E-state index is 0.117. The van der Waals surface area contributed by atoms with E-state index >= 15 is 0 Å². The van der Waals surface area contributed by atoms with Gasteiger partial charge in [-0.15, -0.1) is 0 Å². The summed E-state index contributed by atoms with van der Waals surface area (Å²) >= 11 is 1.95. The van der Waals surface area contributed by atoms with E-state index in [1.165, 1.54) is 13.3 Å². The lowest BCUT2D eigenvalue weighted by Crippen LogP contribution is -2.11. The molecule has 7 heteroatoms. The molecule has 1 N–H and O–H groups in total. The van der Waals surface area contributed by atoms with Crippen LogP contribution in [-0.2, 0) is 11.2 Å². The van der Waals surface area contributed by atoms with Gasteiger partial charge in [0.2, 0.25) is 0 Å². The van der Waals surface area contributed by atoms with Gasteiger partial charge < -0.3 is 9.72 Å². The van der Waals surface area contributed by atoms with Crippen LogP contribution in [0.3, 0.4) is 0 Å². The fourth-order valence-electron chi connectivity index (χ4n) is 1.89. The molecule has 0 atom stereocenters. The van der Waals surface area contributed by atoms with Gasteiger partial charge >= 0.3 is 12.1 Å². The number of fused-ring (bicyclic) bond motifs is 1. The third kappa shape index (κ3) is 3.02. The second-order valence-electron chi connectivity index (χ2n) is 3.97. The Bertz CT molecular complexity index is 634. The molecule has 0 saturated heterocycles. The molecule has 3 nitrogen and oxygen atoms in total. The van der Waals surface area contributed by atoms with Crippen LogP contribution in [0.25, 0.3) is 10.9 Å². The molecule has 0 bridgehead atoms. The number of ether oxygens (including phenoxy) is 1. The number of aromatic amines is 1.